The molecule has 88 valence electrons. The first-order valence-electron chi connectivity index (χ1n) is 5.16. The van der Waals surface area contributed by atoms with Crippen molar-refractivity contribution < 1.29 is 0 Å². The molecule has 0 aromatic carbocycles. The zero-order chi connectivity index (χ0) is 12.3. The summed E-state index contributed by atoms with van der Waals surface area (Å²) in [5.74, 6) is 0. The molecule has 0 aliphatic rings. The van der Waals surface area contributed by atoms with Crippen LogP contribution in [0.2, 0.25) is 5.02 Å². The molecule has 2 heterocycles. The zero-order valence-electron chi connectivity index (χ0n) is 9.30. The third-order valence-electron chi connectivity index (χ3n) is 2.19. The Balaban J connectivity index is 2.18. The minimum absolute atomic E-state index is 0.00975. The van der Waals surface area contributed by atoms with E-state index in [1.165, 1.54) is 11.8 Å². The summed E-state index contributed by atoms with van der Waals surface area (Å²) in [7, 11) is 0. The Morgan fingerprint density at radius 3 is 2.71 bits per heavy atom. The summed E-state index contributed by atoms with van der Waals surface area (Å²) in [5.41, 5.74) is 6.89. The first kappa shape index (κ1) is 12.4. The maximum Gasteiger partial charge on any atom is 0.102 e. The lowest BCUT2D eigenvalue weighted by molar-refractivity contribution is 0.808. The van der Waals surface area contributed by atoms with Crippen molar-refractivity contribution in [1.29, 1.82) is 0 Å². The number of halogens is 1. The van der Waals surface area contributed by atoms with Crippen LogP contribution in [-0.4, -0.2) is 9.97 Å². The molecule has 17 heavy (non-hydrogen) atoms. The molecule has 5 heteroatoms. The van der Waals surface area contributed by atoms with E-state index in [0.29, 0.717) is 5.02 Å². The van der Waals surface area contributed by atoms with Gasteiger partial charge in [0.05, 0.1) is 5.02 Å². The average molecular weight is 266 g/mol. The van der Waals surface area contributed by atoms with Gasteiger partial charge in [0.1, 0.15) is 10.1 Å². The SMILES string of the molecule is C[C@@H](N)c1ccnc(Sc2ccc(Cl)cn2)c1. The molecule has 0 fully saturated rings. The maximum absolute atomic E-state index is 5.83. The highest BCUT2D eigenvalue weighted by Crippen LogP contribution is 2.26. The second-order valence-electron chi connectivity index (χ2n) is 3.63. The van der Waals surface area contributed by atoms with E-state index >= 15 is 0 Å². The summed E-state index contributed by atoms with van der Waals surface area (Å²) in [5, 5.41) is 2.38. The molecule has 1 atom stereocenters. The van der Waals surface area contributed by atoms with Crippen LogP contribution >= 0.6 is 23.4 Å². The van der Waals surface area contributed by atoms with Gasteiger partial charge in [-0.05, 0) is 36.8 Å². The number of rotatable bonds is 3. The highest BCUT2D eigenvalue weighted by atomic mass is 35.5. The molecule has 2 N–H and O–H groups in total. The van der Waals surface area contributed by atoms with Crippen molar-refractivity contribution in [3.8, 4) is 0 Å². The Morgan fingerprint density at radius 1 is 1.24 bits per heavy atom. The van der Waals surface area contributed by atoms with Crippen LogP contribution in [0.5, 0.6) is 0 Å². The fraction of sp³-hybridized carbons (Fsp3) is 0.167. The first-order valence-corrected chi connectivity index (χ1v) is 6.35. The van der Waals surface area contributed by atoms with Gasteiger partial charge in [0.25, 0.3) is 0 Å². The van der Waals surface area contributed by atoms with Crippen molar-refractivity contribution in [2.45, 2.75) is 23.0 Å². The minimum atomic E-state index is 0.00975. The summed E-state index contributed by atoms with van der Waals surface area (Å²) in [6, 6.07) is 7.59. The van der Waals surface area contributed by atoms with Gasteiger partial charge in [-0.15, -0.1) is 0 Å². The molecule has 0 saturated carbocycles. The summed E-state index contributed by atoms with van der Waals surface area (Å²) in [6.45, 7) is 1.95. The van der Waals surface area contributed by atoms with Crippen LogP contribution in [0.1, 0.15) is 18.5 Å². The molecular formula is C12H12ClN3S. The lowest BCUT2D eigenvalue weighted by atomic mass is 10.1. The monoisotopic (exact) mass is 265 g/mol. The normalized spacial score (nSPS) is 12.4. The van der Waals surface area contributed by atoms with Crippen LogP contribution in [-0.2, 0) is 0 Å². The van der Waals surface area contributed by atoms with Crippen molar-refractivity contribution in [3.05, 3.63) is 47.2 Å². The lowest BCUT2D eigenvalue weighted by Crippen LogP contribution is -2.04. The Kier molecular flexibility index (Phi) is 3.99. The Bertz CT molecular complexity index is 499. The Hall–Kier alpha value is -1.10. The van der Waals surface area contributed by atoms with E-state index in [9.17, 15) is 0 Å². The van der Waals surface area contributed by atoms with E-state index < -0.39 is 0 Å². The number of hydrogen-bond acceptors (Lipinski definition) is 4. The minimum Gasteiger partial charge on any atom is -0.324 e. The average Bonchev–Trinajstić information content (AvgIpc) is 2.32. The largest absolute Gasteiger partial charge is 0.324 e. The van der Waals surface area contributed by atoms with E-state index in [2.05, 4.69) is 9.97 Å². The molecule has 2 aromatic rings. The summed E-state index contributed by atoms with van der Waals surface area (Å²) >= 11 is 7.27. The highest BCUT2D eigenvalue weighted by molar-refractivity contribution is 7.99. The molecule has 3 nitrogen and oxygen atoms in total. The van der Waals surface area contributed by atoms with Gasteiger partial charge in [-0.3, -0.25) is 0 Å². The fourth-order valence-corrected chi connectivity index (χ4v) is 2.17. The standard InChI is InChI=1S/C12H12ClN3S/c1-8(14)9-4-5-15-12(6-9)17-11-3-2-10(13)7-16-11/h2-8H,14H2,1H3/t8-/m1/s1. The van der Waals surface area contributed by atoms with Gasteiger partial charge in [0.2, 0.25) is 0 Å². The second-order valence-corrected chi connectivity index (χ2v) is 5.11. The number of pyridine rings is 2. The Labute approximate surface area is 109 Å². The van der Waals surface area contributed by atoms with E-state index in [0.717, 1.165) is 15.6 Å². The number of nitrogens with two attached hydrogens (primary N) is 1. The number of aromatic nitrogens is 2. The maximum atomic E-state index is 5.83. The van der Waals surface area contributed by atoms with Crippen molar-refractivity contribution in [2.24, 2.45) is 5.73 Å². The van der Waals surface area contributed by atoms with Crippen LogP contribution in [0.15, 0.2) is 46.7 Å². The van der Waals surface area contributed by atoms with Gasteiger partial charge in [-0.1, -0.05) is 23.4 Å². The van der Waals surface area contributed by atoms with Gasteiger partial charge < -0.3 is 5.73 Å². The van der Waals surface area contributed by atoms with Gasteiger partial charge in [-0.2, -0.15) is 0 Å². The molecule has 0 amide bonds. The summed E-state index contributed by atoms with van der Waals surface area (Å²) < 4.78 is 0. The molecular weight excluding hydrogens is 254 g/mol. The molecule has 0 aliphatic heterocycles. The van der Waals surface area contributed by atoms with Crippen LogP contribution in [0.3, 0.4) is 0 Å². The van der Waals surface area contributed by atoms with Crippen molar-refractivity contribution in [2.75, 3.05) is 0 Å². The number of nitrogens with zero attached hydrogens (tertiary/aromatic N) is 2. The highest BCUT2D eigenvalue weighted by Gasteiger charge is 2.04. The quantitative estimate of drug-likeness (QED) is 0.925. The second kappa shape index (κ2) is 5.49. The molecule has 0 unspecified atom stereocenters. The van der Waals surface area contributed by atoms with Crippen LogP contribution in [0.4, 0.5) is 0 Å². The van der Waals surface area contributed by atoms with Gasteiger partial charge >= 0.3 is 0 Å². The third kappa shape index (κ3) is 3.43. The molecule has 2 rings (SSSR count). The van der Waals surface area contributed by atoms with E-state index in [1.54, 1.807) is 12.4 Å². The topological polar surface area (TPSA) is 51.8 Å². The predicted molar refractivity (Wildman–Crippen MR) is 70.2 cm³/mol. The smallest absolute Gasteiger partial charge is 0.102 e. The third-order valence-corrected chi connectivity index (χ3v) is 3.30. The summed E-state index contributed by atoms with van der Waals surface area (Å²) in [6.07, 6.45) is 3.39. The van der Waals surface area contributed by atoms with Crippen molar-refractivity contribution in [1.82, 2.24) is 9.97 Å². The molecule has 2 aromatic heterocycles. The van der Waals surface area contributed by atoms with Gasteiger partial charge in [0.15, 0.2) is 0 Å². The fourth-order valence-electron chi connectivity index (χ4n) is 1.29. The predicted octanol–water partition coefficient (Wildman–Crippen LogP) is 3.30. The zero-order valence-corrected chi connectivity index (χ0v) is 10.9. The first-order chi connectivity index (χ1) is 8.15. The molecule has 0 radical (unpaired) electrons. The molecule has 0 saturated heterocycles. The molecule has 0 bridgehead atoms. The van der Waals surface area contributed by atoms with E-state index in [4.69, 9.17) is 17.3 Å². The van der Waals surface area contributed by atoms with E-state index in [-0.39, 0.29) is 6.04 Å². The lowest BCUT2D eigenvalue weighted by Gasteiger charge is -2.06. The van der Waals surface area contributed by atoms with Gasteiger partial charge in [-0.25, -0.2) is 9.97 Å². The number of hydrogen-bond donors (Lipinski definition) is 1. The van der Waals surface area contributed by atoms with Crippen molar-refractivity contribution in [3.63, 3.8) is 0 Å². The van der Waals surface area contributed by atoms with Gasteiger partial charge in [0, 0.05) is 18.4 Å². The van der Waals surface area contributed by atoms with Crippen LogP contribution < -0.4 is 5.73 Å². The van der Waals surface area contributed by atoms with Crippen molar-refractivity contribution >= 4 is 23.4 Å². The van der Waals surface area contributed by atoms with E-state index in [1.807, 2.05) is 31.2 Å². The van der Waals surface area contributed by atoms with Crippen LogP contribution in [0, 0.1) is 0 Å². The summed E-state index contributed by atoms with van der Waals surface area (Å²) in [4.78, 5) is 8.48. The Morgan fingerprint density at radius 2 is 2.06 bits per heavy atom. The molecule has 0 spiro atoms. The molecule has 0 aliphatic carbocycles. The van der Waals surface area contributed by atoms with Crippen LogP contribution in [0.25, 0.3) is 0 Å².